The van der Waals surface area contributed by atoms with Crippen LogP contribution in [0.5, 0.6) is 0 Å². The van der Waals surface area contributed by atoms with Crippen LogP contribution in [0.3, 0.4) is 0 Å². The molecule has 1 saturated carbocycles. The third-order valence-corrected chi connectivity index (χ3v) is 7.69. The fraction of sp³-hybridized carbons (Fsp3) is 0.778. The van der Waals surface area contributed by atoms with Gasteiger partial charge in [-0.2, -0.15) is 0 Å². The number of likely N-dealkylation sites (tertiary alicyclic amines) is 1. The summed E-state index contributed by atoms with van der Waals surface area (Å²) in [6.45, 7) is 4.61. The number of hydrogen-bond donors (Lipinski definition) is 1. The van der Waals surface area contributed by atoms with Crippen LogP contribution in [0.4, 0.5) is 0 Å². The van der Waals surface area contributed by atoms with E-state index < -0.39 is 0 Å². The summed E-state index contributed by atoms with van der Waals surface area (Å²) in [5, 5.41) is 3.52. The average molecular weight is 415 g/mol. The highest BCUT2D eigenvalue weighted by Crippen LogP contribution is 2.37. The van der Waals surface area contributed by atoms with Crippen molar-refractivity contribution in [3.63, 3.8) is 0 Å². The van der Waals surface area contributed by atoms with Crippen molar-refractivity contribution in [2.24, 2.45) is 11.8 Å². The van der Waals surface area contributed by atoms with E-state index in [9.17, 15) is 0 Å². The Morgan fingerprint density at radius 3 is 2.57 bits per heavy atom. The largest absolute Gasteiger partial charge is 0.385 e. The molecular formula is C27H46N2O. The summed E-state index contributed by atoms with van der Waals surface area (Å²) in [4.78, 5) is 2.87. The van der Waals surface area contributed by atoms with E-state index in [0.717, 1.165) is 25.0 Å². The zero-order chi connectivity index (χ0) is 21.0. The third kappa shape index (κ3) is 7.35. The van der Waals surface area contributed by atoms with E-state index in [1.54, 1.807) is 5.56 Å². The monoisotopic (exact) mass is 414 g/mol. The molecule has 1 aromatic rings. The Morgan fingerprint density at radius 2 is 1.83 bits per heavy atom. The van der Waals surface area contributed by atoms with Gasteiger partial charge < -0.3 is 10.1 Å². The number of nitrogens with one attached hydrogen (secondary N) is 1. The second-order valence-electron chi connectivity index (χ2n) is 9.85. The molecule has 1 aliphatic heterocycles. The van der Waals surface area contributed by atoms with Crippen molar-refractivity contribution < 1.29 is 4.74 Å². The number of piperidine rings is 1. The van der Waals surface area contributed by atoms with Crippen molar-refractivity contribution in [3.8, 4) is 0 Å². The quantitative estimate of drug-likeness (QED) is 0.434. The summed E-state index contributed by atoms with van der Waals surface area (Å²) in [5.74, 6) is 2.43. The molecule has 3 nitrogen and oxygen atoms in total. The van der Waals surface area contributed by atoms with Gasteiger partial charge in [0.1, 0.15) is 0 Å². The molecule has 2 fully saturated rings. The number of rotatable bonds is 12. The summed E-state index contributed by atoms with van der Waals surface area (Å²) in [6, 6.07) is 12.1. The van der Waals surface area contributed by atoms with Crippen LogP contribution >= 0.6 is 0 Å². The van der Waals surface area contributed by atoms with Crippen LogP contribution in [-0.2, 0) is 4.74 Å². The van der Waals surface area contributed by atoms with Crippen molar-refractivity contribution in [2.45, 2.75) is 82.6 Å². The molecule has 3 rings (SSSR count). The molecule has 0 aromatic heterocycles. The minimum absolute atomic E-state index is 0.691. The number of nitrogens with zero attached hydrogens (tertiary/aromatic N) is 1. The molecule has 1 heterocycles. The lowest BCUT2D eigenvalue weighted by molar-refractivity contribution is 0.0882. The fourth-order valence-electron chi connectivity index (χ4n) is 6.09. The van der Waals surface area contributed by atoms with Gasteiger partial charge in [-0.15, -0.1) is 0 Å². The van der Waals surface area contributed by atoms with E-state index in [1.807, 2.05) is 7.11 Å². The summed E-state index contributed by atoms with van der Waals surface area (Å²) < 4.78 is 5.31. The zero-order valence-corrected chi connectivity index (χ0v) is 19.7. The maximum absolute atomic E-state index is 5.31. The van der Waals surface area contributed by atoms with Crippen LogP contribution in [0.1, 0.15) is 82.1 Å². The Bertz CT molecular complexity index is 557. The number of likely N-dealkylation sites (N-methyl/N-ethyl adjacent to an activating group) is 1. The van der Waals surface area contributed by atoms with E-state index in [4.69, 9.17) is 4.74 Å². The standard InChI is InChI=1S/C27H46N2O/c1-28-21-26(20-23-12-5-3-6-13-23)29-18-11-16-25(22-29)27(17-9-10-19-30-2)24-14-7-4-8-15-24/h4,7-8,14-15,23,25-28H,3,5-6,9-13,16-22H2,1-2H3. The molecule has 2 aliphatic rings. The number of unbranched alkanes of at least 4 members (excludes halogenated alkanes) is 1. The lowest BCUT2D eigenvalue weighted by atomic mass is 9.77. The molecule has 0 bridgehead atoms. The maximum atomic E-state index is 5.31. The highest BCUT2D eigenvalue weighted by Gasteiger charge is 2.32. The Labute approximate surface area is 186 Å². The van der Waals surface area contributed by atoms with Crippen molar-refractivity contribution in [3.05, 3.63) is 35.9 Å². The minimum Gasteiger partial charge on any atom is -0.385 e. The molecule has 30 heavy (non-hydrogen) atoms. The van der Waals surface area contributed by atoms with Crippen molar-refractivity contribution in [1.82, 2.24) is 10.2 Å². The smallest absolute Gasteiger partial charge is 0.0462 e. The molecule has 0 amide bonds. The molecular weight excluding hydrogens is 368 g/mol. The third-order valence-electron chi connectivity index (χ3n) is 7.69. The zero-order valence-electron chi connectivity index (χ0n) is 19.7. The second-order valence-corrected chi connectivity index (χ2v) is 9.85. The number of hydrogen-bond acceptors (Lipinski definition) is 3. The maximum Gasteiger partial charge on any atom is 0.0462 e. The van der Waals surface area contributed by atoms with Crippen LogP contribution in [0.2, 0.25) is 0 Å². The fourth-order valence-corrected chi connectivity index (χ4v) is 6.09. The van der Waals surface area contributed by atoms with E-state index in [-0.39, 0.29) is 0 Å². The summed E-state index contributed by atoms with van der Waals surface area (Å²) in [5.41, 5.74) is 1.55. The van der Waals surface area contributed by atoms with E-state index in [0.29, 0.717) is 12.0 Å². The summed E-state index contributed by atoms with van der Waals surface area (Å²) >= 11 is 0. The van der Waals surface area contributed by atoms with Gasteiger partial charge in [-0.05, 0) is 69.0 Å². The molecule has 1 aromatic carbocycles. The molecule has 3 heteroatoms. The Hall–Kier alpha value is -0.900. The highest BCUT2D eigenvalue weighted by molar-refractivity contribution is 5.20. The van der Waals surface area contributed by atoms with E-state index in [2.05, 4.69) is 47.6 Å². The second kappa shape index (κ2) is 13.5. The highest BCUT2D eigenvalue weighted by atomic mass is 16.5. The van der Waals surface area contributed by atoms with Gasteiger partial charge in [0.2, 0.25) is 0 Å². The topological polar surface area (TPSA) is 24.5 Å². The van der Waals surface area contributed by atoms with Gasteiger partial charge in [-0.1, -0.05) is 68.9 Å². The summed E-state index contributed by atoms with van der Waals surface area (Å²) in [6.07, 6.45) is 15.2. The number of benzene rings is 1. The first kappa shape index (κ1) is 23.8. The van der Waals surface area contributed by atoms with E-state index >= 15 is 0 Å². The first-order valence-corrected chi connectivity index (χ1v) is 12.7. The predicted octanol–water partition coefficient (Wildman–Crippen LogP) is 5.86. The lowest BCUT2D eigenvalue weighted by Gasteiger charge is -2.42. The number of methoxy groups -OCH3 is 1. The van der Waals surface area contributed by atoms with Gasteiger partial charge in [-0.25, -0.2) is 0 Å². The van der Waals surface area contributed by atoms with Gasteiger partial charge in [0.25, 0.3) is 0 Å². The average Bonchev–Trinajstić information content (AvgIpc) is 2.80. The Balaban J connectivity index is 1.64. The van der Waals surface area contributed by atoms with Gasteiger partial charge in [0.15, 0.2) is 0 Å². The molecule has 1 N–H and O–H groups in total. The van der Waals surface area contributed by atoms with Crippen molar-refractivity contribution in [2.75, 3.05) is 40.4 Å². The summed E-state index contributed by atoms with van der Waals surface area (Å²) in [7, 11) is 3.96. The SMILES string of the molecule is CNCC(CC1CCCCC1)N1CCCC(C(CCCCOC)c2ccccc2)C1. The number of ether oxygens (including phenoxy) is 1. The van der Waals surface area contributed by atoms with Gasteiger partial charge >= 0.3 is 0 Å². The van der Waals surface area contributed by atoms with Crippen molar-refractivity contribution in [1.29, 1.82) is 0 Å². The van der Waals surface area contributed by atoms with E-state index in [1.165, 1.54) is 83.7 Å². The molecule has 1 aliphatic carbocycles. The molecule has 0 spiro atoms. The van der Waals surface area contributed by atoms with Crippen LogP contribution in [0, 0.1) is 11.8 Å². The van der Waals surface area contributed by atoms with Crippen LogP contribution < -0.4 is 5.32 Å². The Morgan fingerprint density at radius 1 is 1.03 bits per heavy atom. The van der Waals surface area contributed by atoms with Crippen LogP contribution in [0.15, 0.2) is 30.3 Å². The molecule has 1 saturated heterocycles. The molecule has 170 valence electrons. The first-order chi connectivity index (χ1) is 14.8. The normalized spacial score (nSPS) is 23.3. The van der Waals surface area contributed by atoms with Gasteiger partial charge in [-0.3, -0.25) is 4.90 Å². The molecule has 3 unspecified atom stereocenters. The minimum atomic E-state index is 0.691. The first-order valence-electron chi connectivity index (χ1n) is 12.7. The predicted molar refractivity (Wildman–Crippen MR) is 128 cm³/mol. The molecule has 3 atom stereocenters. The Kier molecular flexibility index (Phi) is 10.7. The van der Waals surface area contributed by atoms with Gasteiger partial charge in [0.05, 0.1) is 0 Å². The van der Waals surface area contributed by atoms with Crippen LogP contribution in [-0.4, -0.2) is 51.3 Å². The van der Waals surface area contributed by atoms with Crippen LogP contribution in [0.25, 0.3) is 0 Å². The molecule has 0 radical (unpaired) electrons. The lowest BCUT2D eigenvalue weighted by Crippen LogP contribution is -2.48. The van der Waals surface area contributed by atoms with Gasteiger partial charge in [0, 0.05) is 32.8 Å². The van der Waals surface area contributed by atoms with Crippen molar-refractivity contribution >= 4 is 0 Å².